The molecule has 0 saturated heterocycles. The van der Waals surface area contributed by atoms with Crippen LogP contribution in [0.15, 0.2) is 114 Å². The number of benzene rings is 4. The van der Waals surface area contributed by atoms with Gasteiger partial charge in [0.1, 0.15) is 18.4 Å². The molecule has 0 aliphatic rings. The molecule has 4 aromatic carbocycles. The van der Waals surface area contributed by atoms with Crippen molar-refractivity contribution in [2.75, 3.05) is 10.8 Å². The number of aryl methyl sites for hydroxylation is 1. The lowest BCUT2D eigenvalue weighted by Gasteiger charge is -2.34. The zero-order valence-corrected chi connectivity index (χ0v) is 25.3. The van der Waals surface area contributed by atoms with Crippen LogP contribution in [0.1, 0.15) is 30.5 Å². The number of carbonyl (C=O) groups excluding carboxylic acids is 2. The molecule has 0 spiro atoms. The van der Waals surface area contributed by atoms with E-state index in [1.54, 1.807) is 18.2 Å². The van der Waals surface area contributed by atoms with Crippen LogP contribution in [-0.4, -0.2) is 43.8 Å². The monoisotopic (exact) mass is 601 g/mol. The van der Waals surface area contributed by atoms with Crippen molar-refractivity contribution in [2.45, 2.75) is 50.7 Å². The first kappa shape index (κ1) is 31.4. The van der Waals surface area contributed by atoms with Gasteiger partial charge in [-0.25, -0.2) is 12.8 Å². The molecule has 0 saturated carbocycles. The van der Waals surface area contributed by atoms with Crippen molar-refractivity contribution in [1.29, 1.82) is 0 Å². The van der Waals surface area contributed by atoms with Gasteiger partial charge in [0.05, 0.1) is 10.6 Å². The number of anilines is 1. The lowest BCUT2D eigenvalue weighted by atomic mass is 10.0. The van der Waals surface area contributed by atoms with Crippen molar-refractivity contribution in [3.8, 4) is 0 Å². The number of sulfonamides is 1. The van der Waals surface area contributed by atoms with E-state index in [-0.39, 0.29) is 35.5 Å². The van der Waals surface area contributed by atoms with Gasteiger partial charge in [-0.05, 0) is 68.3 Å². The molecule has 0 radical (unpaired) electrons. The first-order chi connectivity index (χ1) is 20.5. The number of amides is 2. The van der Waals surface area contributed by atoms with E-state index in [1.807, 2.05) is 75.4 Å². The summed E-state index contributed by atoms with van der Waals surface area (Å²) < 4.78 is 42.6. The lowest BCUT2D eigenvalue weighted by Crippen LogP contribution is -2.54. The number of carbonyl (C=O) groups is 2. The summed E-state index contributed by atoms with van der Waals surface area (Å²) in [5.41, 5.74) is 2.75. The summed E-state index contributed by atoms with van der Waals surface area (Å²) in [4.78, 5) is 29.5. The zero-order valence-electron chi connectivity index (χ0n) is 24.5. The number of hydrogen-bond donors (Lipinski definition) is 1. The average Bonchev–Trinajstić information content (AvgIpc) is 2.98. The van der Waals surface area contributed by atoms with E-state index in [0.29, 0.717) is 0 Å². The third-order valence-corrected chi connectivity index (χ3v) is 8.65. The Hall–Kier alpha value is -4.50. The van der Waals surface area contributed by atoms with E-state index >= 15 is 0 Å². The number of nitrogens with one attached hydrogen (secondary N) is 1. The molecule has 0 fully saturated rings. The van der Waals surface area contributed by atoms with E-state index in [1.165, 1.54) is 29.2 Å². The van der Waals surface area contributed by atoms with Crippen LogP contribution < -0.4 is 9.62 Å². The molecular weight excluding hydrogens is 565 g/mol. The molecule has 0 aliphatic heterocycles. The number of nitrogens with zero attached hydrogens (tertiary/aromatic N) is 2. The van der Waals surface area contributed by atoms with Gasteiger partial charge in [-0.1, -0.05) is 78.4 Å². The van der Waals surface area contributed by atoms with Crippen LogP contribution in [0.2, 0.25) is 0 Å². The highest BCUT2D eigenvalue weighted by molar-refractivity contribution is 7.92. The molecule has 4 aromatic rings. The molecule has 43 heavy (non-hydrogen) atoms. The Balaban J connectivity index is 1.79. The predicted octanol–water partition coefficient (Wildman–Crippen LogP) is 5.49. The second kappa shape index (κ2) is 14.1. The second-order valence-corrected chi connectivity index (χ2v) is 12.5. The molecule has 9 heteroatoms. The molecule has 0 unspecified atom stereocenters. The summed E-state index contributed by atoms with van der Waals surface area (Å²) in [7, 11) is -4.24. The van der Waals surface area contributed by atoms with Gasteiger partial charge < -0.3 is 10.2 Å². The summed E-state index contributed by atoms with van der Waals surface area (Å²) in [6, 6.07) is 28.5. The van der Waals surface area contributed by atoms with Gasteiger partial charge in [0.25, 0.3) is 10.0 Å². The van der Waals surface area contributed by atoms with Crippen LogP contribution in [0.3, 0.4) is 0 Å². The standard InChI is InChI=1S/C34H36FN3O4S/c1-25(2)36-34(40)32(22-27-12-6-4-7-13-27)37(23-28-14-10-11-26(3)21-28)33(39)24-38(30-19-17-29(35)18-20-30)43(41,42)31-15-8-5-9-16-31/h4-21,25,32H,22-24H2,1-3H3,(H,36,40)/t32-/m1/s1. The Morgan fingerprint density at radius 1 is 0.814 bits per heavy atom. The Morgan fingerprint density at radius 3 is 2.02 bits per heavy atom. The Labute approximate surface area is 253 Å². The highest BCUT2D eigenvalue weighted by Gasteiger charge is 2.34. The van der Waals surface area contributed by atoms with Gasteiger partial charge in [-0.3, -0.25) is 13.9 Å². The summed E-state index contributed by atoms with van der Waals surface area (Å²) in [5.74, 6) is -1.47. The predicted molar refractivity (Wildman–Crippen MR) is 166 cm³/mol. The molecule has 1 N–H and O–H groups in total. The van der Waals surface area contributed by atoms with Crippen molar-refractivity contribution in [3.63, 3.8) is 0 Å². The molecular formula is C34H36FN3O4S. The van der Waals surface area contributed by atoms with Gasteiger partial charge in [0, 0.05) is 19.0 Å². The third kappa shape index (κ3) is 8.29. The average molecular weight is 602 g/mol. The van der Waals surface area contributed by atoms with Crippen LogP contribution >= 0.6 is 0 Å². The van der Waals surface area contributed by atoms with Crippen LogP contribution in [-0.2, 0) is 32.6 Å². The largest absolute Gasteiger partial charge is 0.352 e. The molecule has 224 valence electrons. The van der Waals surface area contributed by atoms with E-state index in [4.69, 9.17) is 0 Å². The van der Waals surface area contributed by atoms with Crippen LogP contribution in [0, 0.1) is 12.7 Å². The maximum atomic E-state index is 14.3. The van der Waals surface area contributed by atoms with Gasteiger partial charge in [-0.15, -0.1) is 0 Å². The quantitative estimate of drug-likeness (QED) is 0.233. The van der Waals surface area contributed by atoms with E-state index in [2.05, 4.69) is 5.32 Å². The van der Waals surface area contributed by atoms with Crippen molar-refractivity contribution in [2.24, 2.45) is 0 Å². The van der Waals surface area contributed by atoms with Gasteiger partial charge in [0.15, 0.2) is 0 Å². The molecule has 7 nitrogen and oxygen atoms in total. The molecule has 0 aliphatic carbocycles. The molecule has 0 aromatic heterocycles. The lowest BCUT2D eigenvalue weighted by molar-refractivity contribution is -0.140. The van der Waals surface area contributed by atoms with Crippen LogP contribution in [0.4, 0.5) is 10.1 Å². The molecule has 1 atom stereocenters. The number of halogens is 1. The summed E-state index contributed by atoms with van der Waals surface area (Å²) in [5, 5.41) is 2.94. The van der Waals surface area contributed by atoms with Gasteiger partial charge >= 0.3 is 0 Å². The zero-order chi connectivity index (χ0) is 31.0. The first-order valence-corrected chi connectivity index (χ1v) is 15.5. The molecule has 0 heterocycles. The smallest absolute Gasteiger partial charge is 0.264 e. The second-order valence-electron chi connectivity index (χ2n) is 10.7. The fourth-order valence-corrected chi connectivity index (χ4v) is 6.23. The molecule has 4 rings (SSSR count). The fourth-order valence-electron chi connectivity index (χ4n) is 4.80. The first-order valence-electron chi connectivity index (χ1n) is 14.1. The Kier molecular flexibility index (Phi) is 10.3. The van der Waals surface area contributed by atoms with E-state index in [0.717, 1.165) is 33.1 Å². The van der Waals surface area contributed by atoms with Crippen molar-refractivity contribution in [1.82, 2.24) is 10.2 Å². The minimum absolute atomic E-state index is 0.0178. The van der Waals surface area contributed by atoms with E-state index in [9.17, 15) is 22.4 Å². The molecule has 0 bridgehead atoms. The number of hydrogen-bond acceptors (Lipinski definition) is 4. The Morgan fingerprint density at radius 2 is 1.42 bits per heavy atom. The highest BCUT2D eigenvalue weighted by Crippen LogP contribution is 2.25. The maximum Gasteiger partial charge on any atom is 0.264 e. The van der Waals surface area contributed by atoms with Gasteiger partial charge in [-0.2, -0.15) is 0 Å². The van der Waals surface area contributed by atoms with Crippen molar-refractivity contribution in [3.05, 3.63) is 132 Å². The number of rotatable bonds is 12. The van der Waals surface area contributed by atoms with Crippen molar-refractivity contribution >= 4 is 27.5 Å². The van der Waals surface area contributed by atoms with Crippen LogP contribution in [0.5, 0.6) is 0 Å². The minimum atomic E-state index is -4.24. The van der Waals surface area contributed by atoms with Gasteiger partial charge in [0.2, 0.25) is 11.8 Å². The topological polar surface area (TPSA) is 86.8 Å². The summed E-state index contributed by atoms with van der Waals surface area (Å²) >= 11 is 0. The fraction of sp³-hybridized carbons (Fsp3) is 0.235. The van der Waals surface area contributed by atoms with E-state index < -0.39 is 34.3 Å². The summed E-state index contributed by atoms with van der Waals surface area (Å²) in [6.45, 7) is 5.09. The van der Waals surface area contributed by atoms with Crippen molar-refractivity contribution < 1.29 is 22.4 Å². The highest BCUT2D eigenvalue weighted by atomic mass is 32.2. The Bertz CT molecular complexity index is 1630. The summed E-state index contributed by atoms with van der Waals surface area (Å²) in [6.07, 6.45) is 0.221. The molecule has 2 amide bonds. The van der Waals surface area contributed by atoms with Crippen LogP contribution in [0.25, 0.3) is 0 Å². The third-order valence-electron chi connectivity index (χ3n) is 6.86. The normalized spacial score (nSPS) is 12.0. The SMILES string of the molecule is Cc1cccc(CN(C(=O)CN(c2ccc(F)cc2)S(=O)(=O)c2ccccc2)[C@H](Cc2ccccc2)C(=O)NC(C)C)c1. The maximum absolute atomic E-state index is 14.3. The minimum Gasteiger partial charge on any atom is -0.352 e.